The van der Waals surface area contributed by atoms with E-state index in [0.29, 0.717) is 34.4 Å². The lowest BCUT2D eigenvalue weighted by molar-refractivity contribution is 0.102. The molecule has 0 bridgehead atoms. The number of carbonyl (C=O) groups is 1. The maximum atomic E-state index is 12.8. The maximum absolute atomic E-state index is 12.8. The normalized spacial score (nSPS) is 15.2. The van der Waals surface area contributed by atoms with Crippen LogP contribution in [0.3, 0.4) is 0 Å². The van der Waals surface area contributed by atoms with Crippen molar-refractivity contribution in [2.45, 2.75) is 32.8 Å². The van der Waals surface area contributed by atoms with Crippen molar-refractivity contribution < 1.29 is 9.53 Å². The Morgan fingerprint density at radius 1 is 1.24 bits per heavy atom. The van der Waals surface area contributed by atoms with Gasteiger partial charge in [0, 0.05) is 10.4 Å². The Morgan fingerprint density at radius 2 is 2.07 bits per heavy atom. The second kappa shape index (κ2) is 8.50. The number of thiophene rings is 1. The van der Waals surface area contributed by atoms with Gasteiger partial charge in [-0.15, -0.1) is 11.3 Å². The van der Waals surface area contributed by atoms with E-state index in [1.54, 1.807) is 12.1 Å². The van der Waals surface area contributed by atoms with Gasteiger partial charge < -0.3 is 10.1 Å². The molecule has 2 aromatic carbocycles. The second-order valence-electron chi connectivity index (χ2n) is 7.42. The van der Waals surface area contributed by atoms with Gasteiger partial charge >= 0.3 is 0 Å². The number of ether oxygens (including phenoxy) is 1. The Kier molecular flexibility index (Phi) is 5.64. The topological polar surface area (TPSA) is 62.1 Å². The third-order valence-electron chi connectivity index (χ3n) is 5.20. The average molecular weight is 403 g/mol. The molecule has 3 aromatic rings. The smallest absolute Gasteiger partial charge is 0.256 e. The highest BCUT2D eigenvalue weighted by atomic mass is 32.1. The Labute approximate surface area is 174 Å². The number of rotatable bonds is 5. The highest BCUT2D eigenvalue weighted by Crippen LogP contribution is 2.39. The largest absolute Gasteiger partial charge is 0.489 e. The summed E-state index contributed by atoms with van der Waals surface area (Å²) in [5.41, 5.74) is 3.33. The number of fused-ring (bicyclic) bond motifs is 1. The molecule has 0 saturated carbocycles. The van der Waals surface area contributed by atoms with Gasteiger partial charge in [0.1, 0.15) is 23.4 Å². The first kappa shape index (κ1) is 19.2. The summed E-state index contributed by atoms with van der Waals surface area (Å²) in [7, 11) is 0. The number of anilines is 1. The first-order valence-corrected chi connectivity index (χ1v) is 10.6. The molecule has 1 N–H and O–H groups in total. The molecule has 4 rings (SSSR count). The molecule has 1 aliphatic rings. The van der Waals surface area contributed by atoms with E-state index in [4.69, 9.17) is 4.74 Å². The van der Waals surface area contributed by atoms with Crippen LogP contribution < -0.4 is 10.1 Å². The van der Waals surface area contributed by atoms with E-state index in [1.807, 2.05) is 42.5 Å². The van der Waals surface area contributed by atoms with E-state index >= 15 is 0 Å². The molecule has 0 aliphatic heterocycles. The third-order valence-corrected chi connectivity index (χ3v) is 6.36. The van der Waals surface area contributed by atoms with Crippen molar-refractivity contribution in [3.63, 3.8) is 0 Å². The molecule has 0 spiro atoms. The molecule has 146 valence electrons. The van der Waals surface area contributed by atoms with E-state index in [0.717, 1.165) is 30.4 Å². The number of nitrogens with zero attached hydrogens (tertiary/aromatic N) is 1. The summed E-state index contributed by atoms with van der Waals surface area (Å²) < 4.78 is 5.83. The number of nitrogens with one attached hydrogen (secondary N) is 1. The molecular weight excluding hydrogens is 380 g/mol. The Bertz CT molecular complexity index is 1070. The Hall–Kier alpha value is -3.10. The number of carbonyl (C=O) groups excluding carboxylic acids is 1. The zero-order chi connectivity index (χ0) is 20.2. The van der Waals surface area contributed by atoms with Crippen LogP contribution >= 0.6 is 11.3 Å². The first-order valence-electron chi connectivity index (χ1n) is 9.77. The van der Waals surface area contributed by atoms with Crippen LogP contribution in [0.25, 0.3) is 0 Å². The third kappa shape index (κ3) is 4.33. The minimum absolute atomic E-state index is 0.224. The van der Waals surface area contributed by atoms with Gasteiger partial charge in [-0.1, -0.05) is 43.3 Å². The molecule has 1 aromatic heterocycles. The van der Waals surface area contributed by atoms with Crippen LogP contribution in [0.4, 0.5) is 5.00 Å². The van der Waals surface area contributed by atoms with Crippen molar-refractivity contribution in [1.29, 1.82) is 5.26 Å². The van der Waals surface area contributed by atoms with Crippen LogP contribution in [0.5, 0.6) is 5.75 Å². The van der Waals surface area contributed by atoms with E-state index in [1.165, 1.54) is 16.2 Å². The van der Waals surface area contributed by atoms with E-state index in [-0.39, 0.29) is 5.91 Å². The van der Waals surface area contributed by atoms with Crippen LogP contribution in [0.2, 0.25) is 0 Å². The van der Waals surface area contributed by atoms with Gasteiger partial charge in [0.2, 0.25) is 0 Å². The van der Waals surface area contributed by atoms with Crippen LogP contribution in [-0.2, 0) is 19.4 Å². The summed E-state index contributed by atoms with van der Waals surface area (Å²) >= 11 is 1.54. The van der Waals surface area contributed by atoms with Gasteiger partial charge in [-0.25, -0.2) is 0 Å². The van der Waals surface area contributed by atoms with Crippen LogP contribution in [0.1, 0.15) is 45.3 Å². The van der Waals surface area contributed by atoms with Gasteiger partial charge in [0.05, 0.1) is 5.56 Å². The molecule has 1 atom stereocenters. The van der Waals surface area contributed by atoms with Crippen LogP contribution in [0, 0.1) is 17.2 Å². The monoisotopic (exact) mass is 402 g/mol. The zero-order valence-corrected chi connectivity index (χ0v) is 17.1. The summed E-state index contributed by atoms with van der Waals surface area (Å²) in [5, 5.41) is 13.2. The van der Waals surface area contributed by atoms with Gasteiger partial charge in [-0.3, -0.25) is 4.79 Å². The second-order valence-corrected chi connectivity index (χ2v) is 8.53. The molecule has 0 radical (unpaired) electrons. The molecule has 1 amide bonds. The fraction of sp³-hybridized carbons (Fsp3) is 0.250. The number of hydrogen-bond acceptors (Lipinski definition) is 4. The van der Waals surface area contributed by atoms with Gasteiger partial charge in [-0.05, 0) is 54.5 Å². The molecule has 4 nitrogen and oxygen atoms in total. The predicted molar refractivity (Wildman–Crippen MR) is 115 cm³/mol. The zero-order valence-electron chi connectivity index (χ0n) is 16.3. The number of benzene rings is 2. The Morgan fingerprint density at radius 3 is 2.86 bits per heavy atom. The molecular formula is C24H22N2O2S. The van der Waals surface area contributed by atoms with E-state index < -0.39 is 0 Å². The fourth-order valence-electron chi connectivity index (χ4n) is 3.60. The van der Waals surface area contributed by atoms with E-state index in [9.17, 15) is 10.1 Å². The van der Waals surface area contributed by atoms with Crippen molar-refractivity contribution in [2.75, 3.05) is 5.32 Å². The van der Waals surface area contributed by atoms with Crippen LogP contribution in [-0.4, -0.2) is 5.91 Å². The first-order chi connectivity index (χ1) is 14.1. The summed E-state index contributed by atoms with van der Waals surface area (Å²) in [6, 6.07) is 19.3. The highest BCUT2D eigenvalue weighted by Gasteiger charge is 2.24. The maximum Gasteiger partial charge on any atom is 0.256 e. The van der Waals surface area contributed by atoms with Crippen molar-refractivity contribution in [3.8, 4) is 11.8 Å². The molecule has 0 saturated heterocycles. The molecule has 5 heteroatoms. The van der Waals surface area contributed by atoms with Crippen LogP contribution in [0.15, 0.2) is 54.6 Å². The van der Waals surface area contributed by atoms with E-state index in [2.05, 4.69) is 18.3 Å². The lowest BCUT2D eigenvalue weighted by atomic mass is 9.88. The minimum Gasteiger partial charge on any atom is -0.489 e. The summed E-state index contributed by atoms with van der Waals surface area (Å²) in [4.78, 5) is 14.0. The number of amides is 1. The van der Waals surface area contributed by atoms with Gasteiger partial charge in [0.25, 0.3) is 5.91 Å². The molecule has 1 heterocycles. The SMILES string of the molecule is C[C@@H]1CCc2c(sc(NC(=O)c3cccc(OCc4ccccc4)c3)c2C#N)C1. The van der Waals surface area contributed by atoms with Crippen molar-refractivity contribution in [2.24, 2.45) is 5.92 Å². The Balaban J connectivity index is 1.49. The van der Waals surface area contributed by atoms with Crippen molar-refractivity contribution >= 4 is 22.2 Å². The number of nitriles is 1. The number of hydrogen-bond donors (Lipinski definition) is 1. The van der Waals surface area contributed by atoms with Crippen molar-refractivity contribution in [1.82, 2.24) is 0 Å². The molecule has 1 aliphatic carbocycles. The average Bonchev–Trinajstić information content (AvgIpc) is 3.09. The molecule has 0 fully saturated rings. The molecule has 29 heavy (non-hydrogen) atoms. The summed E-state index contributed by atoms with van der Waals surface area (Å²) in [6.07, 6.45) is 2.98. The standard InChI is InChI=1S/C24H22N2O2S/c1-16-10-11-20-21(14-25)24(29-22(20)12-16)26-23(27)18-8-5-9-19(13-18)28-15-17-6-3-2-4-7-17/h2-9,13,16H,10-12,15H2,1H3,(H,26,27)/t16-/m1/s1. The summed E-state index contributed by atoms with van der Waals surface area (Å²) in [6.45, 7) is 2.67. The van der Waals surface area contributed by atoms with Gasteiger partial charge in [0.15, 0.2) is 0 Å². The summed E-state index contributed by atoms with van der Waals surface area (Å²) in [5.74, 6) is 1.04. The van der Waals surface area contributed by atoms with Gasteiger partial charge in [-0.2, -0.15) is 5.26 Å². The lowest BCUT2D eigenvalue weighted by Gasteiger charge is -2.17. The minimum atomic E-state index is -0.224. The van der Waals surface area contributed by atoms with Crippen molar-refractivity contribution in [3.05, 3.63) is 81.7 Å². The highest BCUT2D eigenvalue weighted by molar-refractivity contribution is 7.16. The quantitative estimate of drug-likeness (QED) is 0.606. The fourth-order valence-corrected chi connectivity index (χ4v) is 4.96. The lowest BCUT2D eigenvalue weighted by Crippen LogP contribution is -2.12. The molecule has 0 unspecified atom stereocenters. The predicted octanol–water partition coefficient (Wildman–Crippen LogP) is 5.58.